The zero-order valence-electron chi connectivity index (χ0n) is 14.3. The van der Waals surface area contributed by atoms with Crippen LogP contribution in [-0.4, -0.2) is 43.6 Å². The summed E-state index contributed by atoms with van der Waals surface area (Å²) in [6.07, 6.45) is 4.92. The van der Waals surface area contributed by atoms with Crippen molar-refractivity contribution in [1.82, 2.24) is 10.2 Å². The van der Waals surface area contributed by atoms with Gasteiger partial charge < -0.3 is 15.0 Å². The third kappa shape index (κ3) is 3.25. The smallest absolute Gasteiger partial charge is 0.317 e. The van der Waals surface area contributed by atoms with Crippen molar-refractivity contribution in [2.24, 2.45) is 5.92 Å². The Kier molecular flexibility index (Phi) is 5.07. The van der Waals surface area contributed by atoms with E-state index in [0.717, 1.165) is 12.1 Å². The first-order chi connectivity index (χ1) is 11.7. The number of piperidine rings is 1. The fraction of sp³-hybridized carbons (Fsp3) is 0.579. The van der Waals surface area contributed by atoms with Crippen LogP contribution >= 0.6 is 0 Å². The van der Waals surface area contributed by atoms with Crippen molar-refractivity contribution in [2.75, 3.05) is 26.7 Å². The van der Waals surface area contributed by atoms with E-state index >= 15 is 0 Å². The van der Waals surface area contributed by atoms with Gasteiger partial charge in [0.2, 0.25) is 0 Å². The summed E-state index contributed by atoms with van der Waals surface area (Å²) in [6.45, 7) is 1.91. The highest BCUT2D eigenvalue weighted by Gasteiger charge is 2.44. The molecule has 130 valence electrons. The number of amides is 2. The standard InChI is InChI=1S/C19H26N2O3/c1-24-17(22)19(16-8-3-2-4-9-16)10-12-21(13-11-19)18(23)20-14-15-6-5-7-15/h2-4,8-9,15H,5-7,10-14H2,1H3,(H,20,23). The molecule has 1 aliphatic heterocycles. The number of carbonyl (C=O) groups excluding carboxylic acids is 2. The van der Waals surface area contributed by atoms with Crippen LogP contribution in [0.5, 0.6) is 0 Å². The topological polar surface area (TPSA) is 58.6 Å². The fourth-order valence-electron chi connectivity index (χ4n) is 3.70. The third-order valence-corrected chi connectivity index (χ3v) is 5.57. The molecule has 2 fully saturated rings. The number of benzene rings is 1. The molecule has 1 aliphatic carbocycles. The minimum Gasteiger partial charge on any atom is -0.468 e. The van der Waals surface area contributed by atoms with Crippen LogP contribution in [0.2, 0.25) is 0 Å². The Hall–Kier alpha value is -2.04. The van der Waals surface area contributed by atoms with Crippen molar-refractivity contribution in [2.45, 2.75) is 37.5 Å². The average Bonchev–Trinajstić information content (AvgIpc) is 2.60. The Morgan fingerprint density at radius 2 is 1.88 bits per heavy atom. The minimum atomic E-state index is -0.638. The lowest BCUT2D eigenvalue weighted by atomic mass is 9.73. The molecule has 0 unspecified atom stereocenters. The Bertz CT molecular complexity index is 576. The van der Waals surface area contributed by atoms with E-state index < -0.39 is 5.41 Å². The molecule has 1 saturated heterocycles. The first-order valence-corrected chi connectivity index (χ1v) is 8.82. The van der Waals surface area contributed by atoms with Crippen molar-refractivity contribution in [3.8, 4) is 0 Å². The number of urea groups is 1. The van der Waals surface area contributed by atoms with Crippen LogP contribution in [0.4, 0.5) is 4.79 Å². The van der Waals surface area contributed by atoms with Crippen molar-refractivity contribution >= 4 is 12.0 Å². The highest BCUT2D eigenvalue weighted by atomic mass is 16.5. The van der Waals surface area contributed by atoms with Crippen molar-refractivity contribution in [1.29, 1.82) is 0 Å². The summed E-state index contributed by atoms with van der Waals surface area (Å²) < 4.78 is 5.09. The van der Waals surface area contributed by atoms with Crippen LogP contribution in [0, 0.1) is 5.92 Å². The van der Waals surface area contributed by atoms with E-state index in [-0.39, 0.29) is 12.0 Å². The van der Waals surface area contributed by atoms with Gasteiger partial charge in [0.25, 0.3) is 0 Å². The van der Waals surface area contributed by atoms with Gasteiger partial charge in [-0.15, -0.1) is 0 Å². The summed E-state index contributed by atoms with van der Waals surface area (Å²) in [5.74, 6) is 0.445. The number of ether oxygens (including phenoxy) is 1. The number of carbonyl (C=O) groups is 2. The second kappa shape index (κ2) is 7.24. The molecule has 0 bridgehead atoms. The third-order valence-electron chi connectivity index (χ3n) is 5.57. The summed E-state index contributed by atoms with van der Waals surface area (Å²) in [7, 11) is 1.44. The lowest BCUT2D eigenvalue weighted by molar-refractivity contribution is -0.149. The molecule has 0 atom stereocenters. The largest absolute Gasteiger partial charge is 0.468 e. The van der Waals surface area contributed by atoms with Gasteiger partial charge in [0.15, 0.2) is 0 Å². The molecular formula is C19H26N2O3. The molecule has 1 N–H and O–H groups in total. The molecule has 0 aromatic heterocycles. The molecule has 5 heteroatoms. The maximum atomic E-state index is 12.5. The first kappa shape index (κ1) is 16.8. The number of hydrogen-bond donors (Lipinski definition) is 1. The van der Waals surface area contributed by atoms with Crippen molar-refractivity contribution in [3.05, 3.63) is 35.9 Å². The van der Waals surface area contributed by atoms with E-state index in [1.807, 2.05) is 35.2 Å². The van der Waals surface area contributed by atoms with E-state index in [2.05, 4.69) is 5.32 Å². The summed E-state index contributed by atoms with van der Waals surface area (Å²) in [4.78, 5) is 26.6. The van der Waals surface area contributed by atoms with Crippen LogP contribution in [0.15, 0.2) is 30.3 Å². The van der Waals surface area contributed by atoms with Crippen LogP contribution in [0.1, 0.15) is 37.7 Å². The van der Waals surface area contributed by atoms with E-state index in [4.69, 9.17) is 4.74 Å². The van der Waals surface area contributed by atoms with Gasteiger partial charge in [-0.2, -0.15) is 0 Å². The van der Waals surface area contributed by atoms with Gasteiger partial charge in [0.05, 0.1) is 12.5 Å². The number of likely N-dealkylation sites (tertiary alicyclic amines) is 1. The molecule has 1 heterocycles. The van der Waals surface area contributed by atoms with E-state index in [9.17, 15) is 9.59 Å². The van der Waals surface area contributed by atoms with Crippen molar-refractivity contribution < 1.29 is 14.3 Å². The molecule has 0 spiro atoms. The molecule has 2 aliphatic rings. The van der Waals surface area contributed by atoms with Crippen molar-refractivity contribution in [3.63, 3.8) is 0 Å². The Labute approximate surface area is 143 Å². The lowest BCUT2D eigenvalue weighted by Gasteiger charge is -2.40. The van der Waals surface area contributed by atoms with E-state index in [0.29, 0.717) is 31.8 Å². The quantitative estimate of drug-likeness (QED) is 0.864. The van der Waals surface area contributed by atoms with Gasteiger partial charge in [0, 0.05) is 19.6 Å². The van der Waals surface area contributed by atoms with Crippen LogP contribution < -0.4 is 5.32 Å². The highest BCUT2D eigenvalue weighted by Crippen LogP contribution is 2.36. The summed E-state index contributed by atoms with van der Waals surface area (Å²) in [5, 5.41) is 3.04. The Balaban J connectivity index is 1.63. The number of nitrogens with one attached hydrogen (secondary N) is 1. The molecule has 2 amide bonds. The molecule has 5 nitrogen and oxygen atoms in total. The van der Waals surface area contributed by atoms with Gasteiger partial charge in [-0.1, -0.05) is 36.8 Å². The zero-order valence-corrected chi connectivity index (χ0v) is 14.3. The predicted octanol–water partition coefficient (Wildman–Crippen LogP) is 2.70. The average molecular weight is 330 g/mol. The number of nitrogens with zero attached hydrogens (tertiary/aromatic N) is 1. The van der Waals surface area contributed by atoms with E-state index in [1.54, 1.807) is 0 Å². The maximum Gasteiger partial charge on any atom is 0.317 e. The molecule has 0 radical (unpaired) electrons. The van der Waals surface area contributed by atoms with Crippen LogP contribution in [0.25, 0.3) is 0 Å². The lowest BCUT2D eigenvalue weighted by Crippen LogP contribution is -2.52. The summed E-state index contributed by atoms with van der Waals surface area (Å²) in [5.41, 5.74) is 0.340. The van der Waals surface area contributed by atoms with Crippen LogP contribution in [-0.2, 0) is 14.9 Å². The zero-order chi connectivity index (χ0) is 17.0. The second-order valence-electron chi connectivity index (χ2n) is 6.91. The fourth-order valence-corrected chi connectivity index (χ4v) is 3.70. The normalized spacial score (nSPS) is 20.1. The first-order valence-electron chi connectivity index (χ1n) is 8.82. The number of methoxy groups -OCH3 is 1. The molecule has 24 heavy (non-hydrogen) atoms. The minimum absolute atomic E-state index is 0.00609. The predicted molar refractivity (Wildman–Crippen MR) is 91.7 cm³/mol. The molecular weight excluding hydrogens is 304 g/mol. The SMILES string of the molecule is COC(=O)C1(c2ccccc2)CCN(C(=O)NCC2CCC2)CC1. The Morgan fingerprint density at radius 3 is 2.42 bits per heavy atom. The van der Waals surface area contributed by atoms with Gasteiger partial charge in [-0.05, 0) is 37.2 Å². The number of rotatable bonds is 4. The van der Waals surface area contributed by atoms with Crippen LogP contribution in [0.3, 0.4) is 0 Å². The van der Waals surface area contributed by atoms with Gasteiger partial charge >= 0.3 is 12.0 Å². The molecule has 1 saturated carbocycles. The van der Waals surface area contributed by atoms with E-state index in [1.165, 1.54) is 26.4 Å². The number of hydrogen-bond acceptors (Lipinski definition) is 3. The molecule has 1 aromatic rings. The summed E-state index contributed by atoms with van der Waals surface area (Å²) >= 11 is 0. The highest BCUT2D eigenvalue weighted by molar-refractivity contribution is 5.84. The molecule has 1 aromatic carbocycles. The van der Waals surface area contributed by atoms with Gasteiger partial charge in [-0.25, -0.2) is 4.79 Å². The van der Waals surface area contributed by atoms with Gasteiger partial charge in [-0.3, -0.25) is 4.79 Å². The second-order valence-corrected chi connectivity index (χ2v) is 6.91. The number of esters is 1. The maximum absolute atomic E-state index is 12.5. The Morgan fingerprint density at radius 1 is 1.21 bits per heavy atom. The molecule has 3 rings (SSSR count). The monoisotopic (exact) mass is 330 g/mol. The summed E-state index contributed by atoms with van der Waals surface area (Å²) in [6, 6.07) is 9.77. The van der Waals surface area contributed by atoms with Gasteiger partial charge in [0.1, 0.15) is 0 Å².